The molecule has 0 unspecified atom stereocenters. The molecule has 4 aromatic rings. The van der Waals surface area contributed by atoms with Crippen LogP contribution in [-0.4, -0.2) is 42.1 Å². The fraction of sp³-hybridized carbons (Fsp3) is 0.281. The molecule has 0 aliphatic carbocycles. The molecule has 220 valence electrons. The second-order valence-corrected chi connectivity index (χ2v) is 12.1. The van der Waals surface area contributed by atoms with E-state index in [4.69, 9.17) is 16.3 Å². The summed E-state index contributed by atoms with van der Waals surface area (Å²) in [5.74, 6) is 0.0823. The lowest BCUT2D eigenvalue weighted by molar-refractivity contribution is -0.138. The van der Waals surface area contributed by atoms with Crippen LogP contribution >= 0.6 is 11.6 Å². The molecule has 8 nitrogen and oxygen atoms in total. The van der Waals surface area contributed by atoms with Crippen LogP contribution < -0.4 is 9.46 Å². The highest BCUT2D eigenvalue weighted by molar-refractivity contribution is 7.89. The highest BCUT2D eigenvalue weighted by Gasteiger charge is 2.25. The molecule has 0 fully saturated rings. The number of hydrogen-bond acceptors (Lipinski definition) is 6. The fourth-order valence-corrected chi connectivity index (χ4v) is 5.65. The first kappa shape index (κ1) is 31.2. The van der Waals surface area contributed by atoms with E-state index in [2.05, 4.69) is 21.6 Å². The summed E-state index contributed by atoms with van der Waals surface area (Å²) >= 11 is 5.83. The van der Waals surface area contributed by atoms with Crippen molar-refractivity contribution < 1.29 is 23.1 Å². The predicted octanol–water partition coefficient (Wildman–Crippen LogP) is 6.79. The number of ether oxygens (including phenoxy) is 1. The number of carbonyl (C=O) groups is 1. The molecule has 0 saturated heterocycles. The van der Waals surface area contributed by atoms with Crippen molar-refractivity contribution >= 4 is 27.6 Å². The first-order valence-corrected chi connectivity index (χ1v) is 15.8. The summed E-state index contributed by atoms with van der Waals surface area (Å²) < 4.78 is 33.5. The van der Waals surface area contributed by atoms with E-state index in [1.165, 1.54) is 49.9 Å². The Hall–Kier alpha value is -3.79. The minimum atomic E-state index is -4.05. The van der Waals surface area contributed by atoms with Gasteiger partial charge in [0, 0.05) is 28.5 Å². The van der Waals surface area contributed by atoms with Crippen molar-refractivity contribution in [3.05, 3.63) is 95.8 Å². The smallest absolute Gasteiger partial charge is 0.322 e. The molecule has 0 aliphatic heterocycles. The van der Waals surface area contributed by atoms with E-state index in [1.807, 2.05) is 24.3 Å². The van der Waals surface area contributed by atoms with Crippen LogP contribution in [0, 0.1) is 0 Å². The van der Waals surface area contributed by atoms with E-state index in [1.54, 1.807) is 36.7 Å². The van der Waals surface area contributed by atoms with Crippen molar-refractivity contribution in [3.63, 3.8) is 0 Å². The third kappa shape index (κ3) is 8.85. The minimum absolute atomic E-state index is 0.0409. The highest BCUT2D eigenvalue weighted by Crippen LogP contribution is 2.24. The lowest BCUT2D eigenvalue weighted by Crippen LogP contribution is -2.42. The summed E-state index contributed by atoms with van der Waals surface area (Å²) in [7, 11) is -4.05. The van der Waals surface area contributed by atoms with Gasteiger partial charge >= 0.3 is 5.97 Å². The molecule has 0 spiro atoms. The summed E-state index contributed by atoms with van der Waals surface area (Å²) in [6.07, 6.45) is 9.47. The van der Waals surface area contributed by atoms with E-state index >= 15 is 0 Å². The number of hydrogen-bond donors (Lipinski definition) is 2. The fourth-order valence-electron chi connectivity index (χ4n) is 4.34. The summed E-state index contributed by atoms with van der Waals surface area (Å²) in [6.45, 7) is 2.92. The van der Waals surface area contributed by atoms with Gasteiger partial charge in [-0.15, -0.1) is 0 Å². The van der Waals surface area contributed by atoms with Gasteiger partial charge in [-0.25, -0.2) is 18.4 Å². The third-order valence-electron chi connectivity index (χ3n) is 6.73. The molecule has 0 bridgehead atoms. The van der Waals surface area contributed by atoms with E-state index in [0.29, 0.717) is 16.4 Å². The number of sulfonamides is 1. The van der Waals surface area contributed by atoms with Gasteiger partial charge in [0.1, 0.15) is 11.8 Å². The third-order valence-corrected chi connectivity index (χ3v) is 8.47. The Morgan fingerprint density at radius 1 is 0.857 bits per heavy atom. The zero-order valence-corrected chi connectivity index (χ0v) is 24.9. The zero-order valence-electron chi connectivity index (χ0n) is 23.4. The minimum Gasteiger partial charge on any atom is -0.494 e. The van der Waals surface area contributed by atoms with Gasteiger partial charge in [-0.3, -0.25) is 4.79 Å². The van der Waals surface area contributed by atoms with Crippen LogP contribution in [0.5, 0.6) is 5.75 Å². The van der Waals surface area contributed by atoms with Crippen molar-refractivity contribution in [2.75, 3.05) is 6.61 Å². The standard InChI is InChI=1S/C32H34ClN3O5S/c1-2-3-4-5-6-19-41-28-15-11-24(12-16-28)26-21-34-31(35-22-26)25-9-7-23(8-10-25)20-30(32(37)38)36-42(39,40)29-17-13-27(33)14-18-29/h7-18,21-22,30,36H,2-6,19-20H2,1H3,(H,37,38)/t30-/m0/s1. The predicted molar refractivity (Wildman–Crippen MR) is 164 cm³/mol. The topological polar surface area (TPSA) is 118 Å². The van der Waals surface area contributed by atoms with Crippen LogP contribution in [-0.2, 0) is 21.2 Å². The van der Waals surface area contributed by atoms with Crippen molar-refractivity contribution in [1.82, 2.24) is 14.7 Å². The molecule has 0 amide bonds. The van der Waals surface area contributed by atoms with Gasteiger partial charge in [0.25, 0.3) is 0 Å². The number of nitrogens with zero attached hydrogens (tertiary/aromatic N) is 2. The van der Waals surface area contributed by atoms with Crippen LogP contribution in [0.4, 0.5) is 0 Å². The van der Waals surface area contributed by atoms with Gasteiger partial charge in [-0.2, -0.15) is 4.72 Å². The van der Waals surface area contributed by atoms with Crippen molar-refractivity contribution in [2.45, 2.75) is 56.4 Å². The van der Waals surface area contributed by atoms with Crippen molar-refractivity contribution in [1.29, 1.82) is 0 Å². The molecular formula is C32H34ClN3O5S. The molecule has 0 radical (unpaired) electrons. The molecule has 2 N–H and O–H groups in total. The molecule has 3 aromatic carbocycles. The first-order valence-electron chi connectivity index (χ1n) is 13.9. The number of halogens is 1. The van der Waals surface area contributed by atoms with Crippen LogP contribution in [0.3, 0.4) is 0 Å². The quantitative estimate of drug-likeness (QED) is 0.143. The zero-order chi connectivity index (χ0) is 30.0. The lowest BCUT2D eigenvalue weighted by Gasteiger charge is -2.15. The van der Waals surface area contributed by atoms with Crippen LogP contribution in [0.25, 0.3) is 22.5 Å². The van der Waals surface area contributed by atoms with E-state index in [0.717, 1.165) is 35.5 Å². The van der Waals surface area contributed by atoms with Crippen molar-refractivity contribution in [3.8, 4) is 28.3 Å². The molecule has 4 rings (SSSR count). The molecule has 42 heavy (non-hydrogen) atoms. The number of unbranched alkanes of at least 4 members (excludes halogenated alkanes) is 4. The molecule has 10 heteroatoms. The maximum atomic E-state index is 12.7. The Bertz CT molecular complexity index is 1540. The van der Waals surface area contributed by atoms with Gasteiger partial charge in [0.15, 0.2) is 5.82 Å². The van der Waals surface area contributed by atoms with Gasteiger partial charge in [-0.05, 0) is 60.4 Å². The summed E-state index contributed by atoms with van der Waals surface area (Å²) in [5, 5.41) is 10.0. The van der Waals surface area contributed by atoms with Crippen LogP contribution in [0.2, 0.25) is 5.02 Å². The molecule has 1 atom stereocenters. The number of aromatic nitrogens is 2. The number of carboxylic acid groups (broad SMARTS) is 1. The number of benzene rings is 3. The van der Waals surface area contributed by atoms with E-state index < -0.39 is 22.0 Å². The molecule has 0 aliphatic rings. The Balaban J connectivity index is 1.35. The molecule has 1 heterocycles. The molecule has 0 saturated carbocycles. The molecule has 1 aromatic heterocycles. The van der Waals surface area contributed by atoms with Crippen molar-refractivity contribution in [2.24, 2.45) is 0 Å². The van der Waals surface area contributed by atoms with Gasteiger partial charge in [0.05, 0.1) is 11.5 Å². The average Bonchev–Trinajstić information content (AvgIpc) is 2.99. The second-order valence-electron chi connectivity index (χ2n) is 9.95. The van der Waals surface area contributed by atoms with Gasteiger partial charge < -0.3 is 9.84 Å². The Kier molecular flexibility index (Phi) is 11.1. The average molecular weight is 608 g/mol. The van der Waals surface area contributed by atoms with E-state index in [-0.39, 0.29) is 11.3 Å². The Labute approximate surface area is 251 Å². The Morgan fingerprint density at radius 3 is 2.10 bits per heavy atom. The summed E-state index contributed by atoms with van der Waals surface area (Å²) in [5.41, 5.74) is 3.25. The summed E-state index contributed by atoms with van der Waals surface area (Å²) in [4.78, 5) is 20.8. The Morgan fingerprint density at radius 2 is 1.48 bits per heavy atom. The summed E-state index contributed by atoms with van der Waals surface area (Å²) in [6, 6.07) is 19.1. The van der Waals surface area contributed by atoms with Gasteiger partial charge in [-0.1, -0.05) is 80.6 Å². The second kappa shape index (κ2) is 14.9. The first-order chi connectivity index (χ1) is 20.2. The molecular weight excluding hydrogens is 574 g/mol. The SMILES string of the molecule is CCCCCCCOc1ccc(-c2cnc(-c3ccc(C[C@H](NS(=O)(=O)c4ccc(Cl)cc4)C(=O)O)cc3)nc2)cc1. The van der Waals surface area contributed by atoms with E-state index in [9.17, 15) is 18.3 Å². The number of nitrogens with one attached hydrogen (secondary N) is 1. The maximum Gasteiger partial charge on any atom is 0.322 e. The number of aliphatic carboxylic acids is 1. The van der Waals surface area contributed by atoms with Gasteiger partial charge in [0.2, 0.25) is 10.0 Å². The van der Waals surface area contributed by atoms with Crippen LogP contribution in [0.15, 0.2) is 90.1 Å². The number of carboxylic acids is 1. The normalized spacial score (nSPS) is 12.1. The maximum absolute atomic E-state index is 12.7. The van der Waals surface area contributed by atoms with Crippen LogP contribution in [0.1, 0.15) is 44.6 Å². The largest absolute Gasteiger partial charge is 0.494 e. The highest BCUT2D eigenvalue weighted by atomic mass is 35.5. The number of rotatable bonds is 15. The monoisotopic (exact) mass is 607 g/mol. The lowest BCUT2D eigenvalue weighted by atomic mass is 10.0.